The molecule has 8 nitrogen and oxygen atoms in total. The zero-order chi connectivity index (χ0) is 28.6. The number of nitrogen functional groups attached to an aromatic ring is 1. The summed E-state index contributed by atoms with van der Waals surface area (Å²) < 4.78 is 11.7. The Hall–Kier alpha value is -3.79. The number of piperazine rings is 1. The molecule has 214 valence electrons. The van der Waals surface area contributed by atoms with Crippen molar-refractivity contribution < 1.29 is 19.1 Å². The van der Waals surface area contributed by atoms with Crippen LogP contribution in [0.15, 0.2) is 77.7 Å². The van der Waals surface area contributed by atoms with Gasteiger partial charge in [0.05, 0.1) is 17.2 Å². The van der Waals surface area contributed by atoms with Crippen LogP contribution in [0, 0.1) is 0 Å². The average molecular weight is 573 g/mol. The molecule has 0 aromatic heterocycles. The summed E-state index contributed by atoms with van der Waals surface area (Å²) in [6, 6.07) is 21.6. The molecular formula is C32H36N4O4S. The zero-order valence-electron chi connectivity index (χ0n) is 23.3. The number of anilines is 2. The molecule has 2 aliphatic heterocycles. The van der Waals surface area contributed by atoms with Crippen molar-refractivity contribution in [1.82, 2.24) is 9.80 Å². The molecule has 2 N–H and O–H groups in total. The van der Waals surface area contributed by atoms with Crippen LogP contribution in [0.3, 0.4) is 0 Å². The maximum atomic E-state index is 13.1. The van der Waals surface area contributed by atoms with Crippen LogP contribution in [0.25, 0.3) is 6.08 Å². The number of benzene rings is 3. The second-order valence-electron chi connectivity index (χ2n) is 10.3. The Bertz CT molecular complexity index is 1350. The lowest BCUT2D eigenvalue weighted by Crippen LogP contribution is -2.44. The normalized spacial score (nSPS) is 17.4. The van der Waals surface area contributed by atoms with Gasteiger partial charge in [-0.1, -0.05) is 12.1 Å². The van der Waals surface area contributed by atoms with Crippen molar-refractivity contribution in [3.05, 3.63) is 83.3 Å². The van der Waals surface area contributed by atoms with E-state index in [-0.39, 0.29) is 11.1 Å². The largest absolute Gasteiger partial charge is 0.494 e. The molecule has 0 spiro atoms. The highest BCUT2D eigenvalue weighted by molar-refractivity contribution is 8.19. The van der Waals surface area contributed by atoms with E-state index in [1.807, 2.05) is 36.4 Å². The first-order valence-corrected chi connectivity index (χ1v) is 14.8. The molecule has 0 unspecified atom stereocenters. The van der Waals surface area contributed by atoms with Gasteiger partial charge in [-0.3, -0.25) is 9.59 Å². The Labute approximate surface area is 245 Å². The standard InChI is InChI=1S/C32H36N4O4S/c1-34-18-20-35(21-19-34)17-3-2-4-22-39-27-15-9-26(10-16-27)36-31(37)30(41-32(36)38)23-24-5-11-28(12-6-24)40-29-13-7-25(33)8-14-29/h5-16,23H,2-4,17-22,33H2,1H3. The van der Waals surface area contributed by atoms with Gasteiger partial charge in [-0.05, 0) is 117 Å². The molecule has 2 heterocycles. The first-order valence-electron chi connectivity index (χ1n) is 14.0. The van der Waals surface area contributed by atoms with E-state index < -0.39 is 0 Å². The van der Waals surface area contributed by atoms with Gasteiger partial charge in [0, 0.05) is 31.9 Å². The summed E-state index contributed by atoms with van der Waals surface area (Å²) in [6.07, 6.45) is 5.03. The number of ether oxygens (including phenoxy) is 2. The molecule has 0 atom stereocenters. The molecular weight excluding hydrogens is 536 g/mol. The van der Waals surface area contributed by atoms with E-state index in [2.05, 4.69) is 16.8 Å². The van der Waals surface area contributed by atoms with Crippen molar-refractivity contribution in [3.63, 3.8) is 0 Å². The van der Waals surface area contributed by atoms with Crippen LogP contribution >= 0.6 is 11.8 Å². The second kappa shape index (κ2) is 13.7. The molecule has 2 saturated heterocycles. The number of imide groups is 1. The summed E-state index contributed by atoms with van der Waals surface area (Å²) in [7, 11) is 2.18. The summed E-state index contributed by atoms with van der Waals surface area (Å²) >= 11 is 0.934. The fourth-order valence-corrected chi connectivity index (χ4v) is 5.55. The maximum Gasteiger partial charge on any atom is 0.298 e. The van der Waals surface area contributed by atoms with E-state index in [9.17, 15) is 9.59 Å². The summed E-state index contributed by atoms with van der Waals surface area (Å²) in [4.78, 5) is 32.3. The van der Waals surface area contributed by atoms with E-state index >= 15 is 0 Å². The predicted molar refractivity (Wildman–Crippen MR) is 166 cm³/mol. The lowest BCUT2D eigenvalue weighted by molar-refractivity contribution is -0.113. The lowest BCUT2D eigenvalue weighted by atomic mass is 10.2. The van der Waals surface area contributed by atoms with Crippen LogP contribution in [-0.4, -0.2) is 67.3 Å². The summed E-state index contributed by atoms with van der Waals surface area (Å²) in [5.74, 6) is 1.74. The molecule has 3 aromatic carbocycles. The molecule has 3 aromatic rings. The number of unbranched alkanes of at least 4 members (excludes halogenated alkanes) is 2. The molecule has 41 heavy (non-hydrogen) atoms. The first-order chi connectivity index (χ1) is 19.9. The van der Waals surface area contributed by atoms with Crippen molar-refractivity contribution in [3.8, 4) is 17.2 Å². The first kappa shape index (κ1) is 28.7. The van der Waals surface area contributed by atoms with Gasteiger partial charge in [-0.25, -0.2) is 4.90 Å². The molecule has 0 saturated carbocycles. The Balaban J connectivity index is 1.09. The fourth-order valence-electron chi connectivity index (χ4n) is 4.71. The Morgan fingerprint density at radius 1 is 0.805 bits per heavy atom. The topological polar surface area (TPSA) is 88.3 Å². The number of rotatable bonds is 11. The molecule has 9 heteroatoms. The fraction of sp³-hybridized carbons (Fsp3) is 0.312. The predicted octanol–water partition coefficient (Wildman–Crippen LogP) is 6.10. The smallest absolute Gasteiger partial charge is 0.298 e. The van der Waals surface area contributed by atoms with Gasteiger partial charge in [0.15, 0.2) is 0 Å². The van der Waals surface area contributed by atoms with E-state index in [0.717, 1.165) is 68.6 Å². The van der Waals surface area contributed by atoms with Gasteiger partial charge < -0.3 is 25.0 Å². The molecule has 2 amide bonds. The molecule has 0 radical (unpaired) electrons. The number of hydrogen-bond acceptors (Lipinski definition) is 8. The molecule has 0 aliphatic carbocycles. The third-order valence-electron chi connectivity index (χ3n) is 7.17. The minimum atomic E-state index is -0.337. The van der Waals surface area contributed by atoms with Crippen molar-refractivity contribution >= 4 is 40.4 Å². The van der Waals surface area contributed by atoms with Crippen LogP contribution in [0.5, 0.6) is 17.2 Å². The van der Waals surface area contributed by atoms with E-state index in [0.29, 0.717) is 34.4 Å². The zero-order valence-corrected chi connectivity index (χ0v) is 24.1. The van der Waals surface area contributed by atoms with E-state index in [1.54, 1.807) is 42.5 Å². The van der Waals surface area contributed by atoms with E-state index in [1.165, 1.54) is 11.3 Å². The minimum absolute atomic E-state index is 0.321. The second-order valence-corrected chi connectivity index (χ2v) is 11.3. The quantitative estimate of drug-likeness (QED) is 0.168. The number of thioether (sulfide) groups is 1. The number of carbonyl (C=O) groups excluding carboxylic acids is 2. The number of hydrogen-bond donors (Lipinski definition) is 1. The SMILES string of the molecule is CN1CCN(CCCCCOc2ccc(N3C(=O)SC(=Cc4ccc(Oc5ccc(N)cc5)cc4)C3=O)cc2)CC1. The van der Waals surface area contributed by atoms with Crippen LogP contribution in [-0.2, 0) is 4.79 Å². The number of carbonyl (C=O) groups is 2. The Morgan fingerprint density at radius 2 is 1.44 bits per heavy atom. The molecule has 2 aliphatic rings. The van der Waals surface area contributed by atoms with Gasteiger partial charge in [0.1, 0.15) is 17.2 Å². The highest BCUT2D eigenvalue weighted by Crippen LogP contribution is 2.36. The van der Waals surface area contributed by atoms with Gasteiger partial charge in [-0.15, -0.1) is 0 Å². The highest BCUT2D eigenvalue weighted by atomic mass is 32.2. The van der Waals surface area contributed by atoms with Gasteiger partial charge in [0.2, 0.25) is 0 Å². The Morgan fingerprint density at radius 3 is 2.12 bits per heavy atom. The monoisotopic (exact) mass is 572 g/mol. The van der Waals surface area contributed by atoms with Crippen molar-refractivity contribution in [2.24, 2.45) is 0 Å². The maximum absolute atomic E-state index is 13.1. The van der Waals surface area contributed by atoms with Crippen LogP contribution in [0.2, 0.25) is 0 Å². The lowest BCUT2D eigenvalue weighted by Gasteiger charge is -2.32. The molecule has 2 fully saturated rings. The summed E-state index contributed by atoms with van der Waals surface area (Å²) in [5, 5.41) is -0.321. The van der Waals surface area contributed by atoms with Crippen LogP contribution in [0.1, 0.15) is 24.8 Å². The van der Waals surface area contributed by atoms with Crippen LogP contribution in [0.4, 0.5) is 16.2 Å². The third-order valence-corrected chi connectivity index (χ3v) is 8.04. The highest BCUT2D eigenvalue weighted by Gasteiger charge is 2.36. The molecule has 5 rings (SSSR count). The van der Waals surface area contributed by atoms with Crippen LogP contribution < -0.4 is 20.1 Å². The van der Waals surface area contributed by atoms with Crippen molar-refractivity contribution in [2.75, 3.05) is 57.0 Å². The third kappa shape index (κ3) is 7.91. The van der Waals surface area contributed by atoms with E-state index in [4.69, 9.17) is 15.2 Å². The van der Waals surface area contributed by atoms with Crippen molar-refractivity contribution in [2.45, 2.75) is 19.3 Å². The van der Waals surface area contributed by atoms with Gasteiger partial charge >= 0.3 is 0 Å². The van der Waals surface area contributed by atoms with Gasteiger partial charge in [-0.2, -0.15) is 0 Å². The summed E-state index contributed by atoms with van der Waals surface area (Å²) in [6.45, 7) is 6.42. The number of nitrogens with zero attached hydrogens (tertiary/aromatic N) is 3. The average Bonchev–Trinajstić information content (AvgIpc) is 3.26. The van der Waals surface area contributed by atoms with Gasteiger partial charge in [0.25, 0.3) is 11.1 Å². The Kier molecular flexibility index (Phi) is 9.61. The molecule has 0 bridgehead atoms. The number of nitrogens with two attached hydrogens (primary N) is 1. The number of likely N-dealkylation sites (N-methyl/N-ethyl adjacent to an activating group) is 1. The van der Waals surface area contributed by atoms with Crippen molar-refractivity contribution in [1.29, 1.82) is 0 Å². The minimum Gasteiger partial charge on any atom is -0.494 e. The summed E-state index contributed by atoms with van der Waals surface area (Å²) in [5.41, 5.74) is 7.72. The number of amides is 2.